The first-order chi connectivity index (χ1) is 10.5. The van der Waals surface area contributed by atoms with Gasteiger partial charge in [0.15, 0.2) is 6.10 Å². The highest BCUT2D eigenvalue weighted by atomic mass is 16.5. The second-order valence-corrected chi connectivity index (χ2v) is 5.62. The van der Waals surface area contributed by atoms with Crippen LogP contribution in [0.4, 0.5) is 5.69 Å². The van der Waals surface area contributed by atoms with Crippen molar-refractivity contribution in [2.75, 3.05) is 5.32 Å². The van der Waals surface area contributed by atoms with Crippen LogP contribution in [0.5, 0.6) is 5.75 Å². The number of anilines is 1. The fourth-order valence-electron chi connectivity index (χ4n) is 2.22. The molecule has 0 spiro atoms. The van der Waals surface area contributed by atoms with E-state index in [0.29, 0.717) is 6.42 Å². The van der Waals surface area contributed by atoms with Gasteiger partial charge in [-0.2, -0.15) is 0 Å². The van der Waals surface area contributed by atoms with Crippen molar-refractivity contribution in [1.82, 2.24) is 0 Å². The molecule has 3 heteroatoms. The van der Waals surface area contributed by atoms with E-state index in [0.717, 1.165) is 22.6 Å². The van der Waals surface area contributed by atoms with Gasteiger partial charge >= 0.3 is 0 Å². The van der Waals surface area contributed by atoms with Gasteiger partial charge < -0.3 is 10.1 Å². The highest BCUT2D eigenvalue weighted by Crippen LogP contribution is 2.19. The number of hydrogen-bond donors (Lipinski definition) is 1. The molecule has 116 valence electrons. The molecule has 0 saturated carbocycles. The molecule has 2 aromatic rings. The Morgan fingerprint density at radius 2 is 1.86 bits per heavy atom. The van der Waals surface area contributed by atoms with E-state index in [4.69, 9.17) is 4.74 Å². The summed E-state index contributed by atoms with van der Waals surface area (Å²) < 4.78 is 5.85. The largest absolute Gasteiger partial charge is 0.481 e. The van der Waals surface area contributed by atoms with E-state index < -0.39 is 6.10 Å². The van der Waals surface area contributed by atoms with Crippen LogP contribution in [0.3, 0.4) is 0 Å². The van der Waals surface area contributed by atoms with E-state index in [-0.39, 0.29) is 5.91 Å². The van der Waals surface area contributed by atoms with Crippen molar-refractivity contribution in [2.24, 2.45) is 0 Å². The molecule has 0 fully saturated rings. The van der Waals surface area contributed by atoms with Crippen LogP contribution in [0.2, 0.25) is 0 Å². The standard InChI is InChI=1S/C19H23NO2/c1-5-18(22-17-10-9-14(3)15(4)12-17)19(21)20-16-8-6-7-13(2)11-16/h6-12,18H,5H2,1-4H3,(H,20,21)/t18-/m0/s1. The van der Waals surface area contributed by atoms with Crippen LogP contribution >= 0.6 is 0 Å². The van der Waals surface area contributed by atoms with Gasteiger partial charge in [0.25, 0.3) is 5.91 Å². The summed E-state index contributed by atoms with van der Waals surface area (Å²) >= 11 is 0. The third-order valence-electron chi connectivity index (χ3n) is 3.71. The molecule has 0 heterocycles. The number of rotatable bonds is 5. The Kier molecular flexibility index (Phi) is 5.21. The van der Waals surface area contributed by atoms with Crippen molar-refractivity contribution in [1.29, 1.82) is 0 Å². The van der Waals surface area contributed by atoms with Crippen molar-refractivity contribution in [3.05, 3.63) is 59.2 Å². The molecule has 0 unspecified atom stereocenters. The first kappa shape index (κ1) is 16.1. The molecule has 0 saturated heterocycles. The molecule has 2 aromatic carbocycles. The maximum Gasteiger partial charge on any atom is 0.265 e. The zero-order valence-corrected chi connectivity index (χ0v) is 13.6. The summed E-state index contributed by atoms with van der Waals surface area (Å²) in [6, 6.07) is 13.6. The number of aryl methyl sites for hydroxylation is 3. The molecular formula is C19H23NO2. The summed E-state index contributed by atoms with van der Waals surface area (Å²) in [5.74, 6) is 0.612. The number of hydrogen-bond acceptors (Lipinski definition) is 2. The highest BCUT2D eigenvalue weighted by Gasteiger charge is 2.18. The second kappa shape index (κ2) is 7.12. The molecule has 0 aliphatic carbocycles. The second-order valence-electron chi connectivity index (χ2n) is 5.62. The number of carbonyl (C=O) groups is 1. The fraction of sp³-hybridized carbons (Fsp3) is 0.316. The number of ether oxygens (including phenoxy) is 1. The van der Waals surface area contributed by atoms with E-state index >= 15 is 0 Å². The molecule has 0 radical (unpaired) electrons. The molecular weight excluding hydrogens is 274 g/mol. The zero-order chi connectivity index (χ0) is 16.1. The van der Waals surface area contributed by atoms with Gasteiger partial charge in [0.1, 0.15) is 5.75 Å². The normalized spacial score (nSPS) is 11.8. The Labute approximate surface area is 132 Å². The van der Waals surface area contributed by atoms with Crippen molar-refractivity contribution >= 4 is 11.6 Å². The van der Waals surface area contributed by atoms with Gasteiger partial charge in [-0.25, -0.2) is 0 Å². The van der Waals surface area contributed by atoms with Crippen LogP contribution in [-0.4, -0.2) is 12.0 Å². The van der Waals surface area contributed by atoms with Crippen molar-refractivity contribution in [3.8, 4) is 5.75 Å². The topological polar surface area (TPSA) is 38.3 Å². The van der Waals surface area contributed by atoms with Crippen molar-refractivity contribution in [3.63, 3.8) is 0 Å². The molecule has 1 atom stereocenters. The maximum atomic E-state index is 12.4. The Morgan fingerprint density at radius 1 is 1.09 bits per heavy atom. The minimum atomic E-state index is -0.498. The molecule has 22 heavy (non-hydrogen) atoms. The summed E-state index contributed by atoms with van der Waals surface area (Å²) in [5.41, 5.74) is 4.28. The van der Waals surface area contributed by atoms with Crippen LogP contribution in [0.15, 0.2) is 42.5 Å². The average Bonchev–Trinajstić information content (AvgIpc) is 2.48. The minimum Gasteiger partial charge on any atom is -0.481 e. The molecule has 1 N–H and O–H groups in total. The summed E-state index contributed by atoms with van der Waals surface area (Å²) in [4.78, 5) is 12.4. The first-order valence-corrected chi connectivity index (χ1v) is 7.61. The Morgan fingerprint density at radius 3 is 2.50 bits per heavy atom. The number of benzene rings is 2. The molecule has 2 rings (SSSR count). The average molecular weight is 297 g/mol. The van der Waals surface area contributed by atoms with E-state index in [9.17, 15) is 4.79 Å². The van der Waals surface area contributed by atoms with Crippen LogP contribution in [-0.2, 0) is 4.79 Å². The smallest absolute Gasteiger partial charge is 0.265 e. The van der Waals surface area contributed by atoms with Crippen LogP contribution < -0.4 is 10.1 Å². The van der Waals surface area contributed by atoms with Crippen LogP contribution in [0.25, 0.3) is 0 Å². The van der Waals surface area contributed by atoms with Gasteiger partial charge in [0.05, 0.1) is 0 Å². The molecule has 0 aliphatic heterocycles. The summed E-state index contributed by atoms with van der Waals surface area (Å²) in [6.45, 7) is 8.04. The third kappa shape index (κ3) is 4.10. The van der Waals surface area contributed by atoms with Crippen molar-refractivity contribution < 1.29 is 9.53 Å². The summed E-state index contributed by atoms with van der Waals surface area (Å²) in [7, 11) is 0. The minimum absolute atomic E-state index is 0.119. The summed E-state index contributed by atoms with van der Waals surface area (Å²) in [5, 5.41) is 2.92. The first-order valence-electron chi connectivity index (χ1n) is 7.61. The lowest BCUT2D eigenvalue weighted by atomic mass is 10.1. The van der Waals surface area contributed by atoms with Gasteiger partial charge in [-0.05, 0) is 68.1 Å². The predicted octanol–water partition coefficient (Wildman–Crippen LogP) is 4.41. The van der Waals surface area contributed by atoms with Gasteiger partial charge in [-0.3, -0.25) is 4.79 Å². The Bertz CT molecular complexity index is 664. The highest BCUT2D eigenvalue weighted by molar-refractivity contribution is 5.94. The lowest BCUT2D eigenvalue weighted by Gasteiger charge is -2.18. The molecule has 0 aromatic heterocycles. The van der Waals surface area contributed by atoms with E-state index in [1.54, 1.807) is 0 Å². The van der Waals surface area contributed by atoms with E-state index in [1.165, 1.54) is 5.56 Å². The number of carbonyl (C=O) groups excluding carboxylic acids is 1. The summed E-state index contributed by atoms with van der Waals surface area (Å²) in [6.07, 6.45) is 0.118. The van der Waals surface area contributed by atoms with Crippen molar-refractivity contribution in [2.45, 2.75) is 40.2 Å². The van der Waals surface area contributed by atoms with Gasteiger partial charge in [0.2, 0.25) is 0 Å². The van der Waals surface area contributed by atoms with Gasteiger partial charge in [0, 0.05) is 5.69 Å². The molecule has 0 bridgehead atoms. The van der Waals surface area contributed by atoms with Gasteiger partial charge in [-0.1, -0.05) is 25.1 Å². The van der Waals surface area contributed by atoms with Crippen LogP contribution in [0, 0.1) is 20.8 Å². The Balaban J connectivity index is 2.07. The molecule has 1 amide bonds. The fourth-order valence-corrected chi connectivity index (χ4v) is 2.22. The zero-order valence-electron chi connectivity index (χ0n) is 13.6. The lowest BCUT2D eigenvalue weighted by Crippen LogP contribution is -2.32. The molecule has 3 nitrogen and oxygen atoms in total. The van der Waals surface area contributed by atoms with E-state index in [2.05, 4.69) is 12.2 Å². The Hall–Kier alpha value is -2.29. The molecule has 0 aliphatic rings. The number of amides is 1. The predicted molar refractivity (Wildman–Crippen MR) is 90.4 cm³/mol. The van der Waals surface area contributed by atoms with Gasteiger partial charge in [-0.15, -0.1) is 0 Å². The van der Waals surface area contributed by atoms with E-state index in [1.807, 2.05) is 63.2 Å². The quantitative estimate of drug-likeness (QED) is 0.888. The lowest BCUT2D eigenvalue weighted by molar-refractivity contribution is -0.122. The monoisotopic (exact) mass is 297 g/mol. The SMILES string of the molecule is CC[C@H](Oc1ccc(C)c(C)c1)C(=O)Nc1cccc(C)c1. The third-order valence-corrected chi connectivity index (χ3v) is 3.71. The maximum absolute atomic E-state index is 12.4. The number of nitrogens with one attached hydrogen (secondary N) is 1. The van der Waals surface area contributed by atoms with Crippen LogP contribution in [0.1, 0.15) is 30.0 Å².